The van der Waals surface area contributed by atoms with Gasteiger partial charge in [-0.05, 0) is 24.6 Å². The molecule has 0 heterocycles. The summed E-state index contributed by atoms with van der Waals surface area (Å²) in [6.45, 7) is 2.44. The van der Waals surface area contributed by atoms with Crippen LogP contribution in [0.4, 0.5) is 5.69 Å². The standard InChI is InChI=1S/C14H20N2O4/c1-3-4-7-20-12-8-10(14(18)19-2)5-6-11(12)16-13(17)9-15/h5-6,8H,3-4,7,9,15H2,1-2H3,(H,16,17). The fourth-order valence-electron chi connectivity index (χ4n) is 1.52. The van der Waals surface area contributed by atoms with E-state index in [1.165, 1.54) is 7.11 Å². The molecule has 1 aromatic rings. The van der Waals surface area contributed by atoms with Crippen LogP contribution >= 0.6 is 0 Å². The predicted molar refractivity (Wildman–Crippen MR) is 75.9 cm³/mol. The van der Waals surface area contributed by atoms with Gasteiger partial charge in [-0.3, -0.25) is 4.79 Å². The van der Waals surface area contributed by atoms with Gasteiger partial charge in [0.1, 0.15) is 5.75 Å². The predicted octanol–water partition coefficient (Wildman–Crippen LogP) is 1.55. The molecule has 3 N–H and O–H groups in total. The first-order chi connectivity index (χ1) is 9.62. The summed E-state index contributed by atoms with van der Waals surface area (Å²) in [5.41, 5.74) is 6.12. The summed E-state index contributed by atoms with van der Waals surface area (Å²) in [5, 5.41) is 2.63. The largest absolute Gasteiger partial charge is 0.491 e. The average Bonchev–Trinajstić information content (AvgIpc) is 2.47. The van der Waals surface area contributed by atoms with Gasteiger partial charge in [0, 0.05) is 0 Å². The number of unbranched alkanes of at least 4 members (excludes halogenated alkanes) is 1. The van der Waals surface area contributed by atoms with Crippen molar-refractivity contribution in [1.29, 1.82) is 0 Å². The molecule has 0 aromatic heterocycles. The number of anilines is 1. The maximum absolute atomic E-state index is 11.5. The number of methoxy groups -OCH3 is 1. The minimum absolute atomic E-state index is 0.118. The molecule has 0 atom stereocenters. The van der Waals surface area contributed by atoms with E-state index in [2.05, 4.69) is 10.1 Å². The van der Waals surface area contributed by atoms with Gasteiger partial charge >= 0.3 is 5.97 Å². The van der Waals surface area contributed by atoms with Crippen LogP contribution in [0.3, 0.4) is 0 Å². The second-order valence-corrected chi connectivity index (χ2v) is 4.16. The fraction of sp³-hybridized carbons (Fsp3) is 0.429. The van der Waals surface area contributed by atoms with Crippen molar-refractivity contribution in [2.75, 3.05) is 25.6 Å². The van der Waals surface area contributed by atoms with E-state index in [0.717, 1.165) is 12.8 Å². The van der Waals surface area contributed by atoms with E-state index >= 15 is 0 Å². The molecule has 20 heavy (non-hydrogen) atoms. The van der Waals surface area contributed by atoms with Gasteiger partial charge < -0.3 is 20.5 Å². The van der Waals surface area contributed by atoms with E-state index in [4.69, 9.17) is 10.5 Å². The molecule has 1 rings (SSSR count). The third kappa shape index (κ3) is 4.55. The lowest BCUT2D eigenvalue weighted by Crippen LogP contribution is -2.22. The van der Waals surface area contributed by atoms with Crippen molar-refractivity contribution in [3.63, 3.8) is 0 Å². The zero-order valence-corrected chi connectivity index (χ0v) is 11.8. The molecule has 0 spiro atoms. The van der Waals surface area contributed by atoms with Crippen molar-refractivity contribution in [2.24, 2.45) is 5.73 Å². The van der Waals surface area contributed by atoms with Crippen molar-refractivity contribution in [3.05, 3.63) is 23.8 Å². The Morgan fingerprint density at radius 2 is 2.10 bits per heavy atom. The van der Waals surface area contributed by atoms with Crippen LogP contribution in [-0.2, 0) is 9.53 Å². The maximum atomic E-state index is 11.5. The Bertz CT molecular complexity index is 474. The highest BCUT2D eigenvalue weighted by Gasteiger charge is 2.12. The average molecular weight is 280 g/mol. The van der Waals surface area contributed by atoms with Gasteiger partial charge in [-0.2, -0.15) is 0 Å². The highest BCUT2D eigenvalue weighted by Crippen LogP contribution is 2.26. The number of ether oxygens (including phenoxy) is 2. The number of esters is 1. The number of carbonyl (C=O) groups excluding carboxylic acids is 2. The number of carbonyl (C=O) groups is 2. The van der Waals surface area contributed by atoms with Gasteiger partial charge in [0.25, 0.3) is 0 Å². The van der Waals surface area contributed by atoms with Crippen molar-refractivity contribution < 1.29 is 19.1 Å². The maximum Gasteiger partial charge on any atom is 0.337 e. The van der Waals surface area contributed by atoms with E-state index in [1.54, 1.807) is 18.2 Å². The molecule has 0 bridgehead atoms. The summed E-state index contributed by atoms with van der Waals surface area (Å²) in [6, 6.07) is 4.71. The van der Waals surface area contributed by atoms with Gasteiger partial charge in [-0.25, -0.2) is 4.79 Å². The molecule has 110 valence electrons. The van der Waals surface area contributed by atoms with Crippen LogP contribution in [0.5, 0.6) is 5.75 Å². The van der Waals surface area contributed by atoms with Crippen LogP contribution in [0.25, 0.3) is 0 Å². The molecular formula is C14H20N2O4. The molecule has 0 unspecified atom stereocenters. The Kier molecular flexibility index (Phi) is 6.52. The lowest BCUT2D eigenvalue weighted by Gasteiger charge is -2.13. The van der Waals surface area contributed by atoms with Crippen molar-refractivity contribution in [1.82, 2.24) is 0 Å². The van der Waals surface area contributed by atoms with Crippen LogP contribution in [0, 0.1) is 0 Å². The number of benzene rings is 1. The first-order valence-electron chi connectivity index (χ1n) is 6.47. The molecular weight excluding hydrogens is 260 g/mol. The molecule has 0 fully saturated rings. The van der Waals surface area contributed by atoms with Gasteiger partial charge in [0.15, 0.2) is 0 Å². The Hall–Kier alpha value is -2.08. The Labute approximate surface area is 118 Å². The monoisotopic (exact) mass is 280 g/mol. The van der Waals surface area contributed by atoms with Gasteiger partial charge in [-0.15, -0.1) is 0 Å². The lowest BCUT2D eigenvalue weighted by atomic mass is 10.2. The van der Waals surface area contributed by atoms with E-state index in [-0.39, 0.29) is 12.5 Å². The Balaban J connectivity index is 2.96. The van der Waals surface area contributed by atoms with Crippen LogP contribution in [0.1, 0.15) is 30.1 Å². The minimum atomic E-state index is -0.456. The SMILES string of the molecule is CCCCOc1cc(C(=O)OC)ccc1NC(=O)CN. The first kappa shape index (κ1) is 16.0. The van der Waals surface area contributed by atoms with Crippen LogP contribution in [-0.4, -0.2) is 32.1 Å². The molecule has 0 saturated heterocycles. The molecule has 0 aliphatic rings. The summed E-state index contributed by atoms with van der Waals surface area (Å²) < 4.78 is 10.3. The molecule has 0 aliphatic heterocycles. The van der Waals surface area contributed by atoms with E-state index in [0.29, 0.717) is 23.6 Å². The zero-order valence-electron chi connectivity index (χ0n) is 11.8. The third-order valence-electron chi connectivity index (χ3n) is 2.62. The smallest absolute Gasteiger partial charge is 0.337 e. The highest BCUT2D eigenvalue weighted by atomic mass is 16.5. The van der Waals surface area contributed by atoms with Crippen molar-refractivity contribution in [3.8, 4) is 5.75 Å². The van der Waals surface area contributed by atoms with Crippen LogP contribution in [0.15, 0.2) is 18.2 Å². The molecule has 1 amide bonds. The lowest BCUT2D eigenvalue weighted by molar-refractivity contribution is -0.114. The number of hydrogen-bond acceptors (Lipinski definition) is 5. The zero-order chi connectivity index (χ0) is 15.0. The second kappa shape index (κ2) is 8.16. The summed E-state index contributed by atoms with van der Waals surface area (Å²) >= 11 is 0. The Morgan fingerprint density at radius 1 is 1.35 bits per heavy atom. The van der Waals surface area contributed by atoms with E-state index in [9.17, 15) is 9.59 Å². The number of nitrogens with one attached hydrogen (secondary N) is 1. The molecule has 0 aliphatic carbocycles. The fourth-order valence-corrected chi connectivity index (χ4v) is 1.52. The normalized spacial score (nSPS) is 9.95. The summed E-state index contributed by atoms with van der Waals surface area (Å²) in [6.07, 6.45) is 1.87. The van der Waals surface area contributed by atoms with E-state index < -0.39 is 5.97 Å². The van der Waals surface area contributed by atoms with Crippen molar-refractivity contribution >= 4 is 17.6 Å². The topological polar surface area (TPSA) is 90.6 Å². The summed E-state index contributed by atoms with van der Waals surface area (Å²) in [7, 11) is 1.31. The Morgan fingerprint density at radius 3 is 2.70 bits per heavy atom. The molecule has 6 heteroatoms. The number of rotatable bonds is 7. The van der Waals surface area contributed by atoms with Crippen molar-refractivity contribution in [2.45, 2.75) is 19.8 Å². The van der Waals surface area contributed by atoms with Gasteiger partial charge in [0.2, 0.25) is 5.91 Å². The second-order valence-electron chi connectivity index (χ2n) is 4.16. The summed E-state index contributed by atoms with van der Waals surface area (Å²) in [5.74, 6) is -0.346. The number of hydrogen-bond donors (Lipinski definition) is 2. The number of amides is 1. The quantitative estimate of drug-likeness (QED) is 0.584. The summed E-state index contributed by atoms with van der Waals surface area (Å²) in [4.78, 5) is 22.9. The number of nitrogens with two attached hydrogens (primary N) is 1. The van der Waals surface area contributed by atoms with Crippen LogP contribution in [0.2, 0.25) is 0 Å². The van der Waals surface area contributed by atoms with Gasteiger partial charge in [0.05, 0.1) is 31.5 Å². The third-order valence-corrected chi connectivity index (χ3v) is 2.62. The van der Waals surface area contributed by atoms with Gasteiger partial charge in [-0.1, -0.05) is 13.3 Å². The van der Waals surface area contributed by atoms with Crippen LogP contribution < -0.4 is 15.8 Å². The minimum Gasteiger partial charge on any atom is -0.491 e. The molecule has 1 aromatic carbocycles. The molecule has 0 radical (unpaired) electrons. The molecule has 6 nitrogen and oxygen atoms in total. The molecule has 0 saturated carbocycles. The first-order valence-corrected chi connectivity index (χ1v) is 6.47. The van der Waals surface area contributed by atoms with E-state index in [1.807, 2.05) is 6.92 Å². The highest BCUT2D eigenvalue weighted by molar-refractivity contribution is 5.95.